The number of aromatic amines is 1. The second-order valence-electron chi connectivity index (χ2n) is 7.42. The van der Waals surface area contributed by atoms with Gasteiger partial charge in [0.05, 0.1) is 18.7 Å². The Labute approximate surface area is 178 Å². The standard InChI is InChI=1S/C24H20N4OS/c1-16-6-7-17-13-18(23(26-21(17)12-16)28-8-10-29-11-9-28)14-19(15-25)24-27-20-4-2-3-5-22(20)30-24/h2-7,12-14H,8-11H2,1H3/p+1/b19-14+. The molecule has 0 aliphatic carbocycles. The van der Waals surface area contributed by atoms with Gasteiger partial charge in [-0.05, 0) is 36.8 Å². The van der Waals surface area contributed by atoms with E-state index in [-0.39, 0.29) is 0 Å². The van der Waals surface area contributed by atoms with Crippen LogP contribution in [0.3, 0.4) is 0 Å². The maximum Gasteiger partial charge on any atom is 0.279 e. The van der Waals surface area contributed by atoms with Crippen LogP contribution in [0.15, 0.2) is 48.5 Å². The van der Waals surface area contributed by atoms with Crippen molar-refractivity contribution >= 4 is 49.9 Å². The highest BCUT2D eigenvalue weighted by Crippen LogP contribution is 2.30. The van der Waals surface area contributed by atoms with Gasteiger partial charge in [0.2, 0.25) is 5.52 Å². The van der Waals surface area contributed by atoms with Gasteiger partial charge in [0.15, 0.2) is 0 Å². The van der Waals surface area contributed by atoms with Gasteiger partial charge in [0.1, 0.15) is 22.2 Å². The number of rotatable bonds is 3. The van der Waals surface area contributed by atoms with Gasteiger partial charge in [0, 0.05) is 30.1 Å². The molecule has 0 bridgehead atoms. The normalized spacial score (nSPS) is 14.9. The molecule has 0 saturated carbocycles. The highest BCUT2D eigenvalue weighted by Gasteiger charge is 2.20. The Balaban J connectivity index is 1.66. The van der Waals surface area contributed by atoms with Gasteiger partial charge in [-0.25, -0.2) is 4.98 Å². The fraction of sp³-hybridized carbons (Fsp3) is 0.208. The summed E-state index contributed by atoms with van der Waals surface area (Å²) in [5, 5.41) is 11.9. The number of hydrogen-bond donors (Lipinski definition) is 0. The number of para-hydroxylation sites is 1. The quantitative estimate of drug-likeness (QED) is 0.465. The van der Waals surface area contributed by atoms with Crippen molar-refractivity contribution in [3.05, 3.63) is 64.7 Å². The van der Waals surface area contributed by atoms with E-state index in [1.54, 1.807) is 11.3 Å². The predicted molar refractivity (Wildman–Crippen MR) is 121 cm³/mol. The van der Waals surface area contributed by atoms with Crippen molar-refractivity contribution in [2.45, 2.75) is 6.92 Å². The molecular formula is C24H21N4OS+. The Bertz CT molecular complexity index is 1280. The monoisotopic (exact) mass is 413 g/mol. The molecule has 3 heterocycles. The van der Waals surface area contributed by atoms with Crippen LogP contribution in [0.5, 0.6) is 0 Å². The molecule has 5 nitrogen and oxygen atoms in total. The maximum absolute atomic E-state index is 9.93. The van der Waals surface area contributed by atoms with Crippen LogP contribution in [0.2, 0.25) is 0 Å². The van der Waals surface area contributed by atoms with Crippen molar-refractivity contribution in [1.82, 2.24) is 4.98 Å². The number of fused-ring (bicyclic) bond motifs is 2. The smallest absolute Gasteiger partial charge is 0.279 e. The van der Waals surface area contributed by atoms with Crippen LogP contribution >= 0.6 is 11.3 Å². The lowest BCUT2D eigenvalue weighted by atomic mass is 10.1. The van der Waals surface area contributed by atoms with Crippen LogP contribution in [0.25, 0.3) is 32.8 Å². The predicted octanol–water partition coefficient (Wildman–Crippen LogP) is 4.47. The topological polar surface area (TPSA) is 63.3 Å². The molecule has 0 amide bonds. The molecule has 1 fully saturated rings. The van der Waals surface area contributed by atoms with E-state index in [1.807, 2.05) is 24.3 Å². The summed E-state index contributed by atoms with van der Waals surface area (Å²) in [5.74, 6) is 0.908. The number of ether oxygens (including phenoxy) is 1. The Morgan fingerprint density at radius 3 is 2.83 bits per heavy atom. The molecule has 0 unspecified atom stereocenters. The van der Waals surface area contributed by atoms with Gasteiger partial charge in [-0.15, -0.1) is 0 Å². The molecule has 4 aromatic rings. The highest BCUT2D eigenvalue weighted by atomic mass is 32.1. The van der Waals surface area contributed by atoms with Crippen molar-refractivity contribution in [2.24, 2.45) is 0 Å². The molecule has 1 N–H and O–H groups in total. The van der Waals surface area contributed by atoms with Crippen molar-refractivity contribution in [3.8, 4) is 6.07 Å². The number of anilines is 1. The van der Waals surface area contributed by atoms with Crippen molar-refractivity contribution in [1.29, 1.82) is 5.26 Å². The zero-order valence-corrected chi connectivity index (χ0v) is 17.5. The molecule has 2 aromatic heterocycles. The van der Waals surface area contributed by atoms with Crippen LogP contribution in [0.4, 0.5) is 5.82 Å². The number of benzene rings is 2. The van der Waals surface area contributed by atoms with Crippen LogP contribution < -0.4 is 9.88 Å². The van der Waals surface area contributed by atoms with Crippen molar-refractivity contribution in [3.63, 3.8) is 0 Å². The second-order valence-corrected chi connectivity index (χ2v) is 8.47. The van der Waals surface area contributed by atoms with Crippen LogP contribution in [0, 0.1) is 18.3 Å². The van der Waals surface area contributed by atoms with Gasteiger partial charge in [-0.2, -0.15) is 10.2 Å². The Kier molecular flexibility index (Phi) is 4.91. The maximum atomic E-state index is 9.93. The number of thiazole rings is 1. The molecule has 1 saturated heterocycles. The third kappa shape index (κ3) is 3.54. The Morgan fingerprint density at radius 2 is 2.03 bits per heavy atom. The summed E-state index contributed by atoms with van der Waals surface area (Å²) >= 11 is 1.60. The van der Waals surface area contributed by atoms with E-state index in [0.717, 1.165) is 50.6 Å². The zero-order valence-electron chi connectivity index (χ0n) is 16.7. The number of nitrogens with one attached hydrogen (secondary N) is 1. The van der Waals surface area contributed by atoms with E-state index < -0.39 is 0 Å². The first-order chi connectivity index (χ1) is 14.7. The molecule has 30 heavy (non-hydrogen) atoms. The molecule has 0 spiro atoms. The average Bonchev–Trinajstić information content (AvgIpc) is 3.21. The number of H-pyrrole nitrogens is 1. The van der Waals surface area contributed by atoms with E-state index >= 15 is 0 Å². The largest absolute Gasteiger partial charge is 0.378 e. The molecule has 6 heteroatoms. The minimum absolute atomic E-state index is 0.610. The van der Waals surface area contributed by atoms with Gasteiger partial charge in [-0.3, -0.25) is 0 Å². The number of allylic oxidation sites excluding steroid dienone is 1. The van der Waals surface area contributed by atoms with Gasteiger partial charge < -0.3 is 9.64 Å². The summed E-state index contributed by atoms with van der Waals surface area (Å²) in [5.41, 5.74) is 4.76. The van der Waals surface area contributed by atoms with E-state index in [4.69, 9.17) is 9.72 Å². The molecule has 0 radical (unpaired) electrons. The van der Waals surface area contributed by atoms with Crippen molar-refractivity contribution < 1.29 is 9.72 Å². The Morgan fingerprint density at radius 1 is 1.20 bits per heavy atom. The van der Waals surface area contributed by atoms with Gasteiger partial charge in [-0.1, -0.05) is 35.6 Å². The molecule has 0 atom stereocenters. The summed E-state index contributed by atoms with van der Waals surface area (Å²) in [6.07, 6.45) is 1.96. The SMILES string of the molecule is Cc1ccc2cc(/C=C(\C#N)c3[nH+]c4ccccc4s3)c(N3CCOCC3)nc2c1. The van der Waals surface area contributed by atoms with Gasteiger partial charge >= 0.3 is 0 Å². The number of aromatic nitrogens is 2. The third-order valence-corrected chi connectivity index (χ3v) is 6.41. The highest BCUT2D eigenvalue weighted by molar-refractivity contribution is 7.19. The van der Waals surface area contributed by atoms with Crippen molar-refractivity contribution in [2.75, 3.05) is 31.2 Å². The van der Waals surface area contributed by atoms with Crippen LogP contribution in [0.1, 0.15) is 16.1 Å². The Hall–Kier alpha value is -3.27. The molecule has 2 aromatic carbocycles. The first kappa shape index (κ1) is 18.7. The van der Waals surface area contributed by atoms with E-state index in [9.17, 15) is 5.26 Å². The lowest BCUT2D eigenvalue weighted by Crippen LogP contribution is -2.37. The van der Waals surface area contributed by atoms with Crippen LogP contribution in [-0.4, -0.2) is 31.3 Å². The minimum atomic E-state index is 0.610. The summed E-state index contributed by atoms with van der Waals surface area (Å²) in [7, 11) is 0. The fourth-order valence-corrected chi connectivity index (χ4v) is 4.73. The van der Waals surface area contributed by atoms with Gasteiger partial charge in [0.25, 0.3) is 5.01 Å². The summed E-state index contributed by atoms with van der Waals surface area (Å²) < 4.78 is 6.67. The zero-order chi connectivity index (χ0) is 20.5. The van der Waals surface area contributed by atoms with E-state index in [2.05, 4.69) is 53.2 Å². The second kappa shape index (κ2) is 7.86. The number of hydrogen-bond acceptors (Lipinski definition) is 5. The summed E-state index contributed by atoms with van der Waals surface area (Å²) in [4.78, 5) is 10.6. The average molecular weight is 414 g/mol. The third-order valence-electron chi connectivity index (χ3n) is 5.30. The number of nitriles is 1. The van der Waals surface area contributed by atoms with E-state index in [0.29, 0.717) is 18.8 Å². The number of morpholine rings is 1. The first-order valence-corrected chi connectivity index (χ1v) is 10.8. The summed E-state index contributed by atoms with van der Waals surface area (Å²) in [6.45, 7) is 5.04. The lowest BCUT2D eigenvalue weighted by molar-refractivity contribution is -0.341. The number of nitrogens with zero attached hydrogens (tertiary/aromatic N) is 3. The molecule has 1 aliphatic rings. The molecular weight excluding hydrogens is 392 g/mol. The molecule has 5 rings (SSSR count). The molecule has 148 valence electrons. The number of pyridine rings is 1. The van der Waals surface area contributed by atoms with Crippen LogP contribution in [-0.2, 0) is 4.74 Å². The minimum Gasteiger partial charge on any atom is -0.378 e. The van der Waals surface area contributed by atoms with E-state index in [1.165, 1.54) is 5.56 Å². The lowest BCUT2D eigenvalue weighted by Gasteiger charge is -2.29. The molecule has 1 aliphatic heterocycles. The summed E-state index contributed by atoms with van der Waals surface area (Å²) in [6, 6.07) is 18.9. The first-order valence-electron chi connectivity index (χ1n) is 9.98. The number of aryl methyl sites for hydroxylation is 1. The fourth-order valence-electron chi connectivity index (χ4n) is 3.76.